The van der Waals surface area contributed by atoms with Crippen LogP contribution >= 0.6 is 0 Å². The number of carbonyl (C=O) groups is 2. The van der Waals surface area contributed by atoms with Crippen LogP contribution in [0.15, 0.2) is 17.1 Å². The summed E-state index contributed by atoms with van der Waals surface area (Å²) in [6.07, 6.45) is 5.22. The highest BCUT2D eigenvalue weighted by atomic mass is 16.5. The summed E-state index contributed by atoms with van der Waals surface area (Å²) >= 11 is 0. The zero-order valence-corrected chi connectivity index (χ0v) is 12.2. The molecular weight excluding hydrogens is 272 g/mol. The van der Waals surface area contributed by atoms with E-state index in [2.05, 4.69) is 10.3 Å². The van der Waals surface area contributed by atoms with Crippen molar-refractivity contribution in [1.82, 2.24) is 10.2 Å². The maximum Gasteiger partial charge on any atom is 0.399 e. The Kier molecular flexibility index (Phi) is 3.59. The largest absolute Gasteiger partial charge is 0.463 e. The van der Waals surface area contributed by atoms with Gasteiger partial charge in [-0.15, -0.1) is 0 Å². The highest BCUT2D eigenvalue weighted by Gasteiger charge is 2.47. The lowest BCUT2D eigenvalue weighted by Crippen LogP contribution is -2.59. The van der Waals surface area contributed by atoms with Crippen molar-refractivity contribution in [3.63, 3.8) is 0 Å². The molecule has 3 rings (SSSR count). The van der Waals surface area contributed by atoms with Crippen LogP contribution < -0.4 is 5.32 Å². The topological polar surface area (TPSA) is 74.0 Å². The van der Waals surface area contributed by atoms with E-state index in [1.54, 1.807) is 24.8 Å². The minimum Gasteiger partial charge on any atom is -0.463 e. The third-order valence-corrected chi connectivity index (χ3v) is 4.18. The van der Waals surface area contributed by atoms with Crippen LogP contribution in [0.25, 0.3) is 0 Å². The van der Waals surface area contributed by atoms with Crippen molar-refractivity contribution in [3.8, 4) is 0 Å². The fourth-order valence-corrected chi connectivity index (χ4v) is 2.99. The molecule has 112 valence electrons. The van der Waals surface area contributed by atoms with Gasteiger partial charge in [-0.25, -0.2) is 4.79 Å². The van der Waals surface area contributed by atoms with Gasteiger partial charge >= 0.3 is 23.5 Å². The Labute approximate surface area is 123 Å². The number of likely N-dealkylation sites (N-methyl/N-ethyl adjacent to an activating group) is 1. The standard InChI is InChI=1S/C14H19N4O3/c1-17-10-3-4-11(21-2)16-12(10)18(14(20)13(17)19)9-5-7-15-8-6-9/h3-4,9-10,15H,5-8H2,1-2H3/q+1. The molecule has 0 saturated carbocycles. The lowest BCUT2D eigenvalue weighted by Gasteiger charge is -2.32. The number of hydrogen-bond donors (Lipinski definition) is 1. The molecule has 1 saturated heterocycles. The van der Waals surface area contributed by atoms with Gasteiger partial charge in [0, 0.05) is 26.0 Å². The summed E-state index contributed by atoms with van der Waals surface area (Å²) in [5.41, 5.74) is 0. The van der Waals surface area contributed by atoms with E-state index in [4.69, 9.17) is 4.74 Å². The lowest BCUT2D eigenvalue weighted by molar-refractivity contribution is -0.492. The highest BCUT2D eigenvalue weighted by molar-refractivity contribution is 6.34. The van der Waals surface area contributed by atoms with E-state index >= 15 is 0 Å². The molecule has 1 fully saturated rings. The first-order valence-corrected chi connectivity index (χ1v) is 7.12. The second kappa shape index (κ2) is 5.40. The summed E-state index contributed by atoms with van der Waals surface area (Å²) in [5, 5.41) is 3.26. The number of dihydropyridines is 1. The third kappa shape index (κ3) is 2.27. The quantitative estimate of drug-likeness (QED) is 0.503. The van der Waals surface area contributed by atoms with Gasteiger partial charge in [-0.05, 0) is 24.2 Å². The number of fused-ring (bicyclic) bond motifs is 1. The van der Waals surface area contributed by atoms with Crippen LogP contribution in [0.3, 0.4) is 0 Å². The lowest BCUT2D eigenvalue weighted by atomic mass is 10.0. The number of ether oxygens (including phenoxy) is 1. The number of amides is 2. The summed E-state index contributed by atoms with van der Waals surface area (Å²) in [7, 11) is 3.17. The molecule has 3 aliphatic heterocycles. The molecule has 1 atom stereocenters. The van der Waals surface area contributed by atoms with Crippen LogP contribution in [0.2, 0.25) is 0 Å². The van der Waals surface area contributed by atoms with Crippen LogP contribution in [0.5, 0.6) is 0 Å². The monoisotopic (exact) mass is 291 g/mol. The zero-order valence-electron chi connectivity index (χ0n) is 12.2. The van der Waals surface area contributed by atoms with Crippen molar-refractivity contribution < 1.29 is 18.9 Å². The van der Waals surface area contributed by atoms with Crippen molar-refractivity contribution in [1.29, 1.82) is 0 Å². The van der Waals surface area contributed by atoms with Crippen molar-refractivity contribution in [2.45, 2.75) is 24.9 Å². The molecule has 21 heavy (non-hydrogen) atoms. The van der Waals surface area contributed by atoms with Crippen LogP contribution in [0.1, 0.15) is 12.8 Å². The van der Waals surface area contributed by atoms with Gasteiger partial charge in [0.2, 0.25) is 0 Å². The number of nitrogens with zero attached hydrogens (tertiary/aromatic N) is 3. The Balaban J connectivity index is 2.09. The Bertz CT molecular complexity index is 573. The first-order valence-electron chi connectivity index (χ1n) is 7.12. The van der Waals surface area contributed by atoms with Gasteiger partial charge in [0.05, 0.1) is 7.11 Å². The average Bonchev–Trinajstić information content (AvgIpc) is 2.53. The van der Waals surface area contributed by atoms with Crippen molar-refractivity contribution in [3.05, 3.63) is 12.2 Å². The maximum atomic E-state index is 12.4. The van der Waals surface area contributed by atoms with Crippen LogP contribution in [-0.4, -0.2) is 72.4 Å². The number of methoxy groups -OCH3 is 1. The molecule has 3 aliphatic rings. The number of hydrogen-bond acceptors (Lipinski definition) is 5. The molecule has 7 nitrogen and oxygen atoms in total. The molecule has 0 aromatic rings. The molecule has 0 aliphatic carbocycles. The summed E-state index contributed by atoms with van der Waals surface area (Å²) in [6, 6.07) is -0.286. The predicted octanol–water partition coefficient (Wildman–Crippen LogP) is -0.869. The summed E-state index contributed by atoms with van der Waals surface area (Å²) in [5.74, 6) is 0.0669. The van der Waals surface area contributed by atoms with E-state index in [1.165, 1.54) is 4.90 Å². The first-order chi connectivity index (χ1) is 10.1. The molecule has 7 heteroatoms. The van der Waals surface area contributed by atoms with E-state index in [9.17, 15) is 9.59 Å². The normalized spacial score (nSPS) is 26.9. The van der Waals surface area contributed by atoms with Crippen molar-refractivity contribution in [2.75, 3.05) is 27.2 Å². The van der Waals surface area contributed by atoms with Gasteiger partial charge in [0.15, 0.2) is 6.04 Å². The Morgan fingerprint density at radius 3 is 2.76 bits per heavy atom. The van der Waals surface area contributed by atoms with Gasteiger partial charge in [0.25, 0.3) is 0 Å². The molecular formula is C14H19N4O3+. The van der Waals surface area contributed by atoms with E-state index < -0.39 is 11.8 Å². The minimum absolute atomic E-state index is 0.0160. The van der Waals surface area contributed by atoms with Crippen LogP contribution in [0, 0.1) is 0 Å². The Hall–Kier alpha value is -2.02. The van der Waals surface area contributed by atoms with Crippen LogP contribution in [0.4, 0.5) is 0 Å². The first kappa shape index (κ1) is 13.9. The van der Waals surface area contributed by atoms with Gasteiger partial charge in [-0.1, -0.05) is 0 Å². The molecule has 0 radical (unpaired) electrons. The van der Waals surface area contributed by atoms with Crippen molar-refractivity contribution >= 4 is 23.5 Å². The molecule has 1 N–H and O–H groups in total. The second-order valence-electron chi connectivity index (χ2n) is 5.39. The summed E-state index contributed by atoms with van der Waals surface area (Å²) in [6.45, 7) is 1.68. The molecule has 1 unspecified atom stereocenters. The number of amidine groups is 1. The van der Waals surface area contributed by atoms with E-state index in [0.717, 1.165) is 25.9 Å². The van der Waals surface area contributed by atoms with Gasteiger partial charge in [-0.3, -0.25) is 4.79 Å². The maximum absolute atomic E-state index is 12.4. The van der Waals surface area contributed by atoms with Gasteiger partial charge in [0.1, 0.15) is 6.04 Å². The SMILES string of the molecule is COC1=NC2=[N+](C3CCNCC3)C(=O)C(=O)N(C)C2C=C1. The van der Waals surface area contributed by atoms with E-state index in [-0.39, 0.29) is 12.1 Å². The average molecular weight is 291 g/mol. The van der Waals surface area contributed by atoms with E-state index in [1.807, 2.05) is 6.08 Å². The minimum atomic E-state index is -0.495. The van der Waals surface area contributed by atoms with Crippen molar-refractivity contribution in [2.24, 2.45) is 4.99 Å². The summed E-state index contributed by atoms with van der Waals surface area (Å²) < 4.78 is 6.74. The molecule has 0 spiro atoms. The third-order valence-electron chi connectivity index (χ3n) is 4.18. The highest BCUT2D eigenvalue weighted by Crippen LogP contribution is 2.19. The summed E-state index contributed by atoms with van der Waals surface area (Å²) in [4.78, 5) is 30.5. The van der Waals surface area contributed by atoms with E-state index in [0.29, 0.717) is 11.7 Å². The fourth-order valence-electron chi connectivity index (χ4n) is 2.99. The van der Waals surface area contributed by atoms with Gasteiger partial charge in [-0.2, -0.15) is 4.58 Å². The Morgan fingerprint density at radius 1 is 1.38 bits per heavy atom. The second-order valence-corrected chi connectivity index (χ2v) is 5.39. The number of nitrogens with one attached hydrogen (secondary N) is 1. The zero-order chi connectivity index (χ0) is 15.0. The number of carbonyl (C=O) groups excluding carboxylic acids is 2. The number of rotatable bonds is 1. The molecule has 0 aromatic heterocycles. The molecule has 0 aromatic carbocycles. The fraction of sp³-hybridized carbons (Fsp3) is 0.571. The molecule has 3 heterocycles. The number of piperidine rings is 1. The smallest absolute Gasteiger partial charge is 0.399 e. The Morgan fingerprint density at radius 2 is 2.10 bits per heavy atom. The predicted molar refractivity (Wildman–Crippen MR) is 76.3 cm³/mol. The number of aliphatic imine (C=N–C) groups is 1. The van der Waals surface area contributed by atoms with Gasteiger partial charge < -0.3 is 15.0 Å². The molecule has 0 bridgehead atoms. The van der Waals surface area contributed by atoms with Crippen LogP contribution in [-0.2, 0) is 14.3 Å². The molecule has 2 amide bonds.